The fourth-order valence-electron chi connectivity index (χ4n) is 6.02. The van der Waals surface area contributed by atoms with Gasteiger partial charge in [0.2, 0.25) is 10.0 Å². The molecule has 2 fully saturated rings. The molecule has 1 amide bonds. The zero-order valence-corrected chi connectivity index (χ0v) is 22.6. The molecule has 1 aliphatic carbocycles. The Kier molecular flexibility index (Phi) is 8.18. The monoisotopic (exact) mass is 538 g/mol. The van der Waals surface area contributed by atoms with Gasteiger partial charge in [0.1, 0.15) is 0 Å². The third-order valence-corrected chi connectivity index (χ3v) is 10.2. The van der Waals surface area contributed by atoms with E-state index in [9.17, 15) is 18.3 Å². The first-order valence-electron chi connectivity index (χ1n) is 13.7. The van der Waals surface area contributed by atoms with Crippen LogP contribution in [0, 0.1) is 0 Å². The Labute approximate surface area is 224 Å². The molecule has 5 N–H and O–H groups in total. The number of H-pyrrole nitrogens is 1. The summed E-state index contributed by atoms with van der Waals surface area (Å²) in [7, 11) is -3.27. The molecule has 2 aromatic carbocycles. The molecule has 9 heteroatoms. The highest BCUT2D eigenvalue weighted by molar-refractivity contribution is 7.89. The van der Waals surface area contributed by atoms with Crippen LogP contribution in [-0.2, 0) is 16.6 Å². The minimum absolute atomic E-state index is 0.0282. The molecule has 1 aromatic heterocycles. The lowest BCUT2D eigenvalue weighted by Gasteiger charge is -2.31. The summed E-state index contributed by atoms with van der Waals surface area (Å²) in [5.41, 5.74) is 10.6. The van der Waals surface area contributed by atoms with Crippen molar-refractivity contribution in [1.82, 2.24) is 14.6 Å². The molecule has 0 spiro atoms. The number of nitrogens with one attached hydrogen (secondary N) is 2. The Morgan fingerprint density at radius 3 is 2.42 bits per heavy atom. The first kappa shape index (κ1) is 26.9. The summed E-state index contributed by atoms with van der Waals surface area (Å²) in [6, 6.07) is 12.0. The number of amides is 1. The molecule has 0 unspecified atom stereocenters. The van der Waals surface area contributed by atoms with Crippen molar-refractivity contribution < 1.29 is 18.3 Å². The van der Waals surface area contributed by atoms with Gasteiger partial charge >= 0.3 is 0 Å². The number of nitrogens with two attached hydrogens (primary N) is 1. The summed E-state index contributed by atoms with van der Waals surface area (Å²) in [6.07, 6.45) is 8.98. The molecule has 3 aromatic rings. The van der Waals surface area contributed by atoms with Crippen molar-refractivity contribution in [2.45, 2.75) is 63.5 Å². The molecule has 38 heavy (non-hydrogen) atoms. The van der Waals surface area contributed by atoms with Crippen molar-refractivity contribution in [1.29, 1.82) is 0 Å². The number of fused-ring (bicyclic) bond motifs is 1. The fraction of sp³-hybridized carbons (Fsp3) is 0.483. The van der Waals surface area contributed by atoms with Gasteiger partial charge in [-0.25, -0.2) is 12.7 Å². The number of piperidine rings is 1. The Morgan fingerprint density at radius 1 is 1.05 bits per heavy atom. The largest absolute Gasteiger partial charge is 0.392 e. The zero-order valence-electron chi connectivity index (χ0n) is 21.8. The number of aromatic nitrogens is 1. The first-order valence-corrected chi connectivity index (χ1v) is 15.3. The van der Waals surface area contributed by atoms with Gasteiger partial charge in [0.25, 0.3) is 5.91 Å². The molecule has 8 nitrogen and oxygen atoms in total. The van der Waals surface area contributed by atoms with Gasteiger partial charge in [-0.05, 0) is 79.0 Å². The summed E-state index contributed by atoms with van der Waals surface area (Å²) in [6.45, 7) is 1.73. The summed E-state index contributed by atoms with van der Waals surface area (Å²) in [5, 5.41) is 13.8. The molecular weight excluding hydrogens is 500 g/mol. The van der Waals surface area contributed by atoms with Crippen molar-refractivity contribution in [2.24, 2.45) is 5.73 Å². The Balaban J connectivity index is 1.28. The van der Waals surface area contributed by atoms with E-state index >= 15 is 0 Å². The second kappa shape index (κ2) is 11.6. The van der Waals surface area contributed by atoms with Crippen LogP contribution < -0.4 is 11.1 Å². The van der Waals surface area contributed by atoms with Crippen molar-refractivity contribution in [3.05, 3.63) is 59.3 Å². The maximum Gasteiger partial charge on any atom is 0.250 e. The van der Waals surface area contributed by atoms with Crippen LogP contribution >= 0.6 is 0 Å². The summed E-state index contributed by atoms with van der Waals surface area (Å²) >= 11 is 0. The molecule has 0 atom stereocenters. The van der Waals surface area contributed by atoms with E-state index in [0.29, 0.717) is 36.6 Å². The number of sulfonamides is 1. The van der Waals surface area contributed by atoms with E-state index in [1.807, 2.05) is 30.5 Å². The number of hydrogen-bond acceptors (Lipinski definition) is 5. The van der Waals surface area contributed by atoms with E-state index in [4.69, 9.17) is 5.73 Å². The third-order valence-electron chi connectivity index (χ3n) is 8.21. The minimum Gasteiger partial charge on any atom is -0.392 e. The number of aliphatic hydroxyl groups excluding tert-OH is 1. The van der Waals surface area contributed by atoms with E-state index < -0.39 is 15.9 Å². The normalized spacial score (nSPS) is 17.9. The molecule has 1 saturated carbocycles. The first-order chi connectivity index (χ1) is 18.4. The molecule has 2 aliphatic rings. The maximum absolute atomic E-state index is 13.0. The van der Waals surface area contributed by atoms with Crippen LogP contribution in [0.5, 0.6) is 0 Å². The minimum atomic E-state index is -3.27. The van der Waals surface area contributed by atoms with E-state index in [2.05, 4.69) is 16.4 Å². The number of primary amides is 1. The quantitative estimate of drug-likeness (QED) is 0.292. The molecule has 2 heterocycles. The number of aromatic amines is 1. The van der Waals surface area contributed by atoms with Crippen molar-refractivity contribution >= 4 is 26.8 Å². The van der Waals surface area contributed by atoms with Crippen LogP contribution in [0.4, 0.5) is 0 Å². The van der Waals surface area contributed by atoms with Crippen molar-refractivity contribution in [2.75, 3.05) is 25.4 Å². The molecule has 1 saturated heterocycles. The van der Waals surface area contributed by atoms with Crippen LogP contribution in [0.15, 0.2) is 42.6 Å². The van der Waals surface area contributed by atoms with Crippen LogP contribution in [0.2, 0.25) is 0 Å². The molecule has 5 rings (SSSR count). The highest BCUT2D eigenvalue weighted by atomic mass is 32.2. The van der Waals surface area contributed by atoms with Gasteiger partial charge in [0.05, 0.1) is 23.4 Å². The van der Waals surface area contributed by atoms with Gasteiger partial charge in [0, 0.05) is 30.7 Å². The highest BCUT2D eigenvalue weighted by Gasteiger charge is 2.30. The predicted octanol–water partition coefficient (Wildman–Crippen LogP) is 3.86. The number of rotatable bonds is 10. The maximum atomic E-state index is 13.0. The summed E-state index contributed by atoms with van der Waals surface area (Å²) in [5.74, 6) is -0.127. The zero-order chi connectivity index (χ0) is 26.7. The smallest absolute Gasteiger partial charge is 0.250 e. The Morgan fingerprint density at radius 2 is 1.76 bits per heavy atom. The molecule has 0 bridgehead atoms. The standard InChI is InChI=1S/C29H38N4O4S/c30-29(35)26-17-23(21-8-6-20(19-34)7-9-21)16-25-27(18-32-28(25)26)22-10-13-33(14-11-22)38(36,37)15-3-12-31-24-4-1-2-5-24/h6-9,16-18,22,24,31-32,34H,1-5,10-15,19H2,(H2,30,35). The van der Waals surface area contributed by atoms with Crippen molar-refractivity contribution in [3.8, 4) is 11.1 Å². The van der Waals surface area contributed by atoms with Gasteiger partial charge in [-0.3, -0.25) is 4.79 Å². The van der Waals surface area contributed by atoms with E-state index in [0.717, 1.165) is 47.0 Å². The van der Waals surface area contributed by atoms with E-state index in [-0.39, 0.29) is 18.3 Å². The van der Waals surface area contributed by atoms with Crippen molar-refractivity contribution in [3.63, 3.8) is 0 Å². The van der Waals surface area contributed by atoms with Gasteiger partial charge in [-0.1, -0.05) is 37.1 Å². The highest BCUT2D eigenvalue weighted by Crippen LogP contribution is 2.37. The molecule has 0 radical (unpaired) electrons. The molecule has 1 aliphatic heterocycles. The van der Waals surface area contributed by atoms with Crippen LogP contribution in [-0.4, -0.2) is 60.1 Å². The molecule has 204 valence electrons. The van der Waals surface area contributed by atoms with Gasteiger partial charge in [0.15, 0.2) is 0 Å². The Hall–Kier alpha value is -2.72. The lowest BCUT2D eigenvalue weighted by Crippen LogP contribution is -2.40. The lowest BCUT2D eigenvalue weighted by molar-refractivity contribution is 0.100. The van der Waals surface area contributed by atoms with Gasteiger partial charge in [-0.15, -0.1) is 0 Å². The summed E-state index contributed by atoms with van der Waals surface area (Å²) in [4.78, 5) is 15.6. The number of carbonyl (C=O) groups is 1. The van der Waals surface area contributed by atoms with Crippen LogP contribution in [0.25, 0.3) is 22.0 Å². The average molecular weight is 539 g/mol. The van der Waals surface area contributed by atoms with Gasteiger partial charge in [-0.2, -0.15) is 0 Å². The number of nitrogens with zero attached hydrogens (tertiary/aromatic N) is 1. The number of carbonyl (C=O) groups excluding carboxylic acids is 1. The van der Waals surface area contributed by atoms with E-state index in [1.165, 1.54) is 25.7 Å². The second-order valence-corrected chi connectivity index (χ2v) is 12.8. The fourth-order valence-corrected chi connectivity index (χ4v) is 7.55. The topological polar surface area (TPSA) is 129 Å². The number of aliphatic hydroxyl groups is 1. The third kappa shape index (κ3) is 5.81. The predicted molar refractivity (Wildman–Crippen MR) is 150 cm³/mol. The van der Waals surface area contributed by atoms with Crippen LogP contribution in [0.1, 0.15) is 72.3 Å². The van der Waals surface area contributed by atoms with E-state index in [1.54, 1.807) is 10.4 Å². The molecular formula is C29H38N4O4S. The SMILES string of the molecule is NC(=O)c1cc(-c2ccc(CO)cc2)cc2c(C3CCN(S(=O)(=O)CCCNC4CCCC4)CC3)c[nH]c12. The van der Waals surface area contributed by atoms with Gasteiger partial charge < -0.3 is 21.1 Å². The summed E-state index contributed by atoms with van der Waals surface area (Å²) < 4.78 is 27.6. The second-order valence-electron chi connectivity index (χ2n) is 10.7. The number of hydrogen-bond donors (Lipinski definition) is 4. The lowest BCUT2D eigenvalue weighted by atomic mass is 9.88. The Bertz CT molecular complexity index is 1370. The van der Waals surface area contributed by atoms with Crippen LogP contribution in [0.3, 0.4) is 0 Å². The number of benzene rings is 2. The average Bonchev–Trinajstić information content (AvgIpc) is 3.61.